The molecular formula is C23H27Cl2FN2O2. The van der Waals surface area contributed by atoms with Crippen LogP contribution in [0.5, 0.6) is 0 Å². The van der Waals surface area contributed by atoms with Crippen molar-refractivity contribution in [3.8, 4) is 0 Å². The second-order valence-corrected chi connectivity index (χ2v) is 8.05. The predicted molar refractivity (Wildman–Crippen MR) is 119 cm³/mol. The van der Waals surface area contributed by atoms with E-state index in [0.29, 0.717) is 17.0 Å². The first-order chi connectivity index (χ1) is 14.3. The molecule has 7 heteroatoms. The fraction of sp³-hybridized carbons (Fsp3) is 0.391. The van der Waals surface area contributed by atoms with Gasteiger partial charge < -0.3 is 10.2 Å². The number of amides is 2. The summed E-state index contributed by atoms with van der Waals surface area (Å²) < 4.78 is 14.3. The maximum Gasteiger partial charge on any atom is 0.243 e. The van der Waals surface area contributed by atoms with E-state index < -0.39 is 17.8 Å². The molecule has 0 aromatic heterocycles. The van der Waals surface area contributed by atoms with E-state index in [0.717, 1.165) is 6.42 Å². The van der Waals surface area contributed by atoms with E-state index in [9.17, 15) is 14.0 Å². The van der Waals surface area contributed by atoms with Crippen molar-refractivity contribution in [2.24, 2.45) is 0 Å². The smallest absolute Gasteiger partial charge is 0.243 e. The number of nitrogens with zero attached hydrogens (tertiary/aromatic N) is 1. The molecule has 2 atom stereocenters. The van der Waals surface area contributed by atoms with Crippen LogP contribution in [0.25, 0.3) is 0 Å². The van der Waals surface area contributed by atoms with Gasteiger partial charge in [0.05, 0.1) is 6.42 Å². The molecule has 0 aliphatic heterocycles. The number of benzene rings is 2. The highest BCUT2D eigenvalue weighted by molar-refractivity contribution is 6.31. The Labute approximate surface area is 187 Å². The Balaban J connectivity index is 2.37. The molecule has 4 nitrogen and oxygen atoms in total. The quantitative estimate of drug-likeness (QED) is 0.553. The van der Waals surface area contributed by atoms with Crippen LogP contribution >= 0.6 is 23.2 Å². The normalized spacial score (nSPS) is 12.9. The second-order valence-electron chi connectivity index (χ2n) is 7.23. The first-order valence-electron chi connectivity index (χ1n) is 10.0. The molecule has 162 valence electrons. The molecule has 2 aromatic rings. The van der Waals surface area contributed by atoms with Crippen molar-refractivity contribution in [3.05, 3.63) is 69.5 Å². The average molecular weight is 453 g/mol. The molecule has 2 rings (SSSR count). The number of halogens is 3. The fourth-order valence-electron chi connectivity index (χ4n) is 3.12. The summed E-state index contributed by atoms with van der Waals surface area (Å²) in [6.07, 6.45) is 0.929. The first kappa shape index (κ1) is 24.2. The Bertz CT molecular complexity index is 871. The van der Waals surface area contributed by atoms with Crippen molar-refractivity contribution in [3.63, 3.8) is 0 Å². The predicted octanol–water partition coefficient (Wildman–Crippen LogP) is 5.40. The van der Waals surface area contributed by atoms with Crippen molar-refractivity contribution in [1.82, 2.24) is 10.2 Å². The lowest BCUT2D eigenvalue weighted by Crippen LogP contribution is -2.51. The number of rotatable bonds is 9. The molecule has 0 bridgehead atoms. The lowest BCUT2D eigenvalue weighted by Gasteiger charge is -2.32. The molecule has 0 saturated heterocycles. The van der Waals surface area contributed by atoms with Crippen LogP contribution in [0.2, 0.25) is 10.0 Å². The highest BCUT2D eigenvalue weighted by Crippen LogP contribution is 2.24. The SMILES string of the molecule is CC[C@@H](C)NC(=O)[C@@H](CC)N(Cc1ccccc1Cl)C(=O)Cc1c(F)cccc1Cl. The van der Waals surface area contributed by atoms with Gasteiger partial charge in [-0.15, -0.1) is 0 Å². The molecule has 0 aliphatic rings. The third kappa shape index (κ3) is 6.19. The summed E-state index contributed by atoms with van der Waals surface area (Å²) in [4.78, 5) is 27.6. The maximum absolute atomic E-state index is 14.3. The molecule has 0 fully saturated rings. The number of carbonyl (C=O) groups is 2. The van der Waals surface area contributed by atoms with E-state index in [-0.39, 0.29) is 35.5 Å². The van der Waals surface area contributed by atoms with Gasteiger partial charge in [0.25, 0.3) is 0 Å². The summed E-state index contributed by atoms with van der Waals surface area (Å²) >= 11 is 12.4. The first-order valence-corrected chi connectivity index (χ1v) is 10.8. The van der Waals surface area contributed by atoms with Crippen molar-refractivity contribution >= 4 is 35.0 Å². The van der Waals surface area contributed by atoms with E-state index in [1.807, 2.05) is 26.8 Å². The van der Waals surface area contributed by atoms with Gasteiger partial charge in [0.15, 0.2) is 0 Å². The van der Waals surface area contributed by atoms with Gasteiger partial charge in [-0.3, -0.25) is 9.59 Å². The van der Waals surface area contributed by atoms with Gasteiger partial charge in [0, 0.05) is 28.2 Å². The van der Waals surface area contributed by atoms with Gasteiger partial charge in [-0.1, -0.05) is 61.3 Å². The van der Waals surface area contributed by atoms with Gasteiger partial charge in [0.1, 0.15) is 11.9 Å². The van der Waals surface area contributed by atoms with Gasteiger partial charge in [-0.05, 0) is 43.5 Å². The molecule has 0 saturated carbocycles. The van der Waals surface area contributed by atoms with Crippen LogP contribution in [0.15, 0.2) is 42.5 Å². The second kappa shape index (κ2) is 11.3. The Hall–Kier alpha value is -2.11. The summed E-state index contributed by atoms with van der Waals surface area (Å²) in [5.41, 5.74) is 0.826. The Morgan fingerprint density at radius 3 is 2.30 bits per heavy atom. The molecule has 2 aromatic carbocycles. The lowest BCUT2D eigenvalue weighted by atomic mass is 10.1. The van der Waals surface area contributed by atoms with Crippen LogP contribution in [0.3, 0.4) is 0 Å². The van der Waals surface area contributed by atoms with Crippen LogP contribution in [0, 0.1) is 5.82 Å². The highest BCUT2D eigenvalue weighted by Gasteiger charge is 2.30. The highest BCUT2D eigenvalue weighted by atomic mass is 35.5. The zero-order valence-corrected chi connectivity index (χ0v) is 18.9. The van der Waals surface area contributed by atoms with Crippen LogP contribution in [-0.2, 0) is 22.6 Å². The minimum Gasteiger partial charge on any atom is -0.352 e. The molecule has 0 spiro atoms. The van der Waals surface area contributed by atoms with Crippen LogP contribution in [0.4, 0.5) is 4.39 Å². The zero-order chi connectivity index (χ0) is 22.3. The molecule has 0 radical (unpaired) electrons. The summed E-state index contributed by atoms with van der Waals surface area (Å²) in [5.74, 6) is -1.19. The topological polar surface area (TPSA) is 49.4 Å². The average Bonchev–Trinajstić information content (AvgIpc) is 2.71. The molecule has 1 N–H and O–H groups in total. The van der Waals surface area contributed by atoms with Crippen molar-refractivity contribution in [2.75, 3.05) is 0 Å². The van der Waals surface area contributed by atoms with Gasteiger partial charge in [-0.25, -0.2) is 4.39 Å². The lowest BCUT2D eigenvalue weighted by molar-refractivity contribution is -0.141. The van der Waals surface area contributed by atoms with Gasteiger partial charge >= 0.3 is 0 Å². The van der Waals surface area contributed by atoms with Gasteiger partial charge in [-0.2, -0.15) is 0 Å². The van der Waals surface area contributed by atoms with Crippen LogP contribution in [0.1, 0.15) is 44.7 Å². The standard InChI is InChI=1S/C23H27Cl2FN2O2/c1-4-15(3)27-23(30)21(5-2)28(14-16-9-6-7-10-18(16)24)22(29)13-17-19(25)11-8-12-20(17)26/h6-12,15,21H,4-5,13-14H2,1-3H3,(H,27,30)/t15-,21-/m1/s1. The largest absolute Gasteiger partial charge is 0.352 e. The molecule has 0 heterocycles. The number of hydrogen-bond donors (Lipinski definition) is 1. The number of carbonyl (C=O) groups excluding carboxylic acids is 2. The summed E-state index contributed by atoms with van der Waals surface area (Å²) in [6, 6.07) is 10.7. The van der Waals surface area contributed by atoms with E-state index in [1.54, 1.807) is 24.3 Å². The monoisotopic (exact) mass is 452 g/mol. The summed E-state index contributed by atoms with van der Waals surface area (Å²) in [5, 5.41) is 3.61. The van der Waals surface area contributed by atoms with Crippen LogP contribution in [-0.4, -0.2) is 28.8 Å². The fourth-order valence-corrected chi connectivity index (χ4v) is 3.55. The summed E-state index contributed by atoms with van der Waals surface area (Å²) in [7, 11) is 0. The van der Waals surface area contributed by atoms with E-state index in [1.165, 1.54) is 17.0 Å². The molecule has 30 heavy (non-hydrogen) atoms. The van der Waals surface area contributed by atoms with Crippen molar-refractivity contribution < 1.29 is 14.0 Å². The minimum absolute atomic E-state index is 0.0233. The van der Waals surface area contributed by atoms with Crippen LogP contribution < -0.4 is 5.32 Å². The number of nitrogens with one attached hydrogen (secondary N) is 1. The summed E-state index contributed by atoms with van der Waals surface area (Å²) in [6.45, 7) is 5.85. The maximum atomic E-state index is 14.3. The van der Waals surface area contributed by atoms with Crippen molar-refractivity contribution in [2.45, 2.75) is 58.7 Å². The number of hydrogen-bond acceptors (Lipinski definition) is 2. The molecule has 2 amide bonds. The van der Waals surface area contributed by atoms with E-state index in [2.05, 4.69) is 5.32 Å². The van der Waals surface area contributed by atoms with Gasteiger partial charge in [0.2, 0.25) is 11.8 Å². The molecule has 0 unspecified atom stereocenters. The van der Waals surface area contributed by atoms with E-state index in [4.69, 9.17) is 23.2 Å². The molecule has 0 aliphatic carbocycles. The van der Waals surface area contributed by atoms with E-state index >= 15 is 0 Å². The third-order valence-electron chi connectivity index (χ3n) is 5.08. The van der Waals surface area contributed by atoms with Crippen molar-refractivity contribution in [1.29, 1.82) is 0 Å². The third-order valence-corrected chi connectivity index (χ3v) is 5.80. The Kier molecular flexibility index (Phi) is 9.12. The Morgan fingerprint density at radius 1 is 1.03 bits per heavy atom. The zero-order valence-electron chi connectivity index (χ0n) is 17.4. The molecular weight excluding hydrogens is 426 g/mol. The Morgan fingerprint density at radius 2 is 1.70 bits per heavy atom. The minimum atomic E-state index is -0.715.